The molecule has 190 valence electrons. The molecule has 0 radical (unpaired) electrons. The average Bonchev–Trinajstić information content (AvgIpc) is 3.29. The van der Waals surface area contributed by atoms with Crippen molar-refractivity contribution in [2.45, 2.75) is 4.90 Å². The van der Waals surface area contributed by atoms with Gasteiger partial charge in [-0.25, -0.2) is 13.4 Å². The summed E-state index contributed by atoms with van der Waals surface area (Å²) in [6.07, 6.45) is 2.28. The molecule has 13 heteroatoms. The Hall–Kier alpha value is -3.74. The van der Waals surface area contributed by atoms with E-state index in [2.05, 4.69) is 15.3 Å². The monoisotopic (exact) mass is 532 g/mol. The van der Waals surface area contributed by atoms with Crippen molar-refractivity contribution in [3.05, 3.63) is 70.8 Å². The molecule has 0 saturated carbocycles. The van der Waals surface area contributed by atoms with Crippen LogP contribution in [0.5, 0.6) is 0 Å². The maximum Gasteiger partial charge on any atom is 0.277 e. The molecule has 0 aliphatic carbocycles. The largest absolute Gasteiger partial charge is 0.364 e. The van der Waals surface area contributed by atoms with E-state index in [1.54, 1.807) is 24.3 Å². The fourth-order valence-electron chi connectivity index (χ4n) is 3.26. The molecule has 0 saturated heterocycles. The fourth-order valence-corrected chi connectivity index (χ4v) is 4.24. The van der Waals surface area contributed by atoms with Gasteiger partial charge in [0.25, 0.3) is 17.7 Å². The average molecular weight is 533 g/mol. The minimum Gasteiger partial charge on any atom is -0.364 e. The molecular weight excluding hydrogens is 508 g/mol. The van der Waals surface area contributed by atoms with Crippen molar-refractivity contribution in [2.24, 2.45) is 5.73 Å². The van der Waals surface area contributed by atoms with Gasteiger partial charge in [0, 0.05) is 30.7 Å². The molecule has 2 aromatic carbocycles. The Bertz CT molecular complexity index is 1400. The molecule has 3 aromatic rings. The van der Waals surface area contributed by atoms with Crippen LogP contribution in [-0.4, -0.2) is 74.4 Å². The number of aromatic nitrogens is 2. The van der Waals surface area contributed by atoms with Gasteiger partial charge < -0.3 is 25.8 Å². The second-order valence-electron chi connectivity index (χ2n) is 8.17. The molecule has 0 bridgehead atoms. The molecule has 1 heterocycles. The SMILES string of the molecule is CN(C)CCN(C(=O)c1[nH]cnc1C(N)=O)c1ccc(NC(=O)c2ccc(S(C)(=O)=O)cc2Cl)cc1. The molecule has 3 rings (SSSR count). The van der Waals surface area contributed by atoms with Crippen LogP contribution in [0.2, 0.25) is 5.02 Å². The Labute approximate surface area is 213 Å². The zero-order chi connectivity index (χ0) is 26.6. The smallest absolute Gasteiger partial charge is 0.277 e. The van der Waals surface area contributed by atoms with Crippen molar-refractivity contribution < 1.29 is 22.8 Å². The van der Waals surface area contributed by atoms with E-state index >= 15 is 0 Å². The normalized spacial score (nSPS) is 11.4. The Balaban J connectivity index is 1.83. The predicted octanol–water partition coefficient (Wildman–Crippen LogP) is 2.03. The lowest BCUT2D eigenvalue weighted by molar-refractivity contribution is 0.0954. The number of anilines is 2. The first-order valence-electron chi connectivity index (χ1n) is 10.6. The van der Waals surface area contributed by atoms with Crippen LogP contribution in [0.25, 0.3) is 0 Å². The number of imidazole rings is 1. The topological polar surface area (TPSA) is 159 Å². The number of nitrogens with one attached hydrogen (secondary N) is 2. The Kier molecular flexibility index (Phi) is 8.13. The highest BCUT2D eigenvalue weighted by Crippen LogP contribution is 2.24. The zero-order valence-electron chi connectivity index (χ0n) is 19.8. The number of carbonyl (C=O) groups is 3. The highest BCUT2D eigenvalue weighted by atomic mass is 35.5. The van der Waals surface area contributed by atoms with Gasteiger partial charge in [-0.15, -0.1) is 0 Å². The number of carbonyl (C=O) groups excluding carboxylic acids is 3. The molecule has 0 spiro atoms. The first-order valence-corrected chi connectivity index (χ1v) is 12.9. The number of halogens is 1. The van der Waals surface area contributed by atoms with Crippen molar-refractivity contribution in [2.75, 3.05) is 43.7 Å². The predicted molar refractivity (Wildman–Crippen MR) is 136 cm³/mol. The van der Waals surface area contributed by atoms with Crippen LogP contribution in [0.3, 0.4) is 0 Å². The van der Waals surface area contributed by atoms with Crippen molar-refractivity contribution >= 4 is 50.5 Å². The molecule has 1 aromatic heterocycles. The zero-order valence-corrected chi connectivity index (χ0v) is 21.4. The molecule has 0 aliphatic heterocycles. The third-order valence-electron chi connectivity index (χ3n) is 5.15. The van der Waals surface area contributed by atoms with E-state index < -0.39 is 27.6 Å². The molecule has 0 atom stereocenters. The molecule has 0 unspecified atom stereocenters. The summed E-state index contributed by atoms with van der Waals surface area (Å²) in [6.45, 7) is 0.837. The van der Waals surface area contributed by atoms with Crippen LogP contribution in [0.1, 0.15) is 31.3 Å². The van der Waals surface area contributed by atoms with Gasteiger partial charge in [0.2, 0.25) is 0 Å². The van der Waals surface area contributed by atoms with E-state index in [-0.39, 0.29) is 26.9 Å². The van der Waals surface area contributed by atoms with Crippen LogP contribution < -0.4 is 16.0 Å². The first-order chi connectivity index (χ1) is 16.9. The summed E-state index contributed by atoms with van der Waals surface area (Å²) in [5, 5.41) is 2.69. The minimum atomic E-state index is -3.46. The van der Waals surface area contributed by atoms with Gasteiger partial charge in [-0.3, -0.25) is 14.4 Å². The number of likely N-dealkylation sites (N-methyl/N-ethyl adjacent to an activating group) is 1. The van der Waals surface area contributed by atoms with Crippen molar-refractivity contribution in [1.29, 1.82) is 0 Å². The summed E-state index contributed by atoms with van der Waals surface area (Å²) >= 11 is 6.13. The van der Waals surface area contributed by atoms with Gasteiger partial charge in [0.1, 0.15) is 5.69 Å². The van der Waals surface area contributed by atoms with Gasteiger partial charge in [0.05, 0.1) is 21.8 Å². The molecule has 4 N–H and O–H groups in total. The Morgan fingerprint density at radius 3 is 2.31 bits per heavy atom. The van der Waals surface area contributed by atoms with Gasteiger partial charge >= 0.3 is 0 Å². The van der Waals surface area contributed by atoms with Crippen molar-refractivity contribution in [1.82, 2.24) is 14.9 Å². The number of nitrogens with two attached hydrogens (primary N) is 1. The highest BCUT2D eigenvalue weighted by Gasteiger charge is 2.25. The van der Waals surface area contributed by atoms with Gasteiger partial charge in [-0.2, -0.15) is 0 Å². The van der Waals surface area contributed by atoms with E-state index in [9.17, 15) is 22.8 Å². The third-order valence-corrected chi connectivity index (χ3v) is 6.58. The standard InChI is InChI=1S/C23H25ClN6O5S/c1-29(2)10-11-30(23(33)20-19(21(25)31)26-13-27-20)15-6-4-14(5-7-15)28-22(32)17-9-8-16(12-18(17)24)36(3,34)35/h4-9,12-13H,10-11H2,1-3H3,(H2,25,31)(H,26,27)(H,28,32). The minimum absolute atomic E-state index is 0.00249. The van der Waals surface area contributed by atoms with Gasteiger partial charge in [-0.1, -0.05) is 11.6 Å². The molecule has 0 fully saturated rings. The number of rotatable bonds is 9. The van der Waals surface area contributed by atoms with Crippen LogP contribution in [0, 0.1) is 0 Å². The highest BCUT2D eigenvalue weighted by molar-refractivity contribution is 7.90. The molecule has 11 nitrogen and oxygen atoms in total. The number of nitrogens with zero attached hydrogens (tertiary/aromatic N) is 3. The van der Waals surface area contributed by atoms with Crippen LogP contribution >= 0.6 is 11.6 Å². The van der Waals surface area contributed by atoms with E-state index in [4.69, 9.17) is 17.3 Å². The second-order valence-corrected chi connectivity index (χ2v) is 10.6. The second kappa shape index (κ2) is 10.9. The third kappa shape index (κ3) is 6.27. The number of hydrogen-bond donors (Lipinski definition) is 3. The summed E-state index contributed by atoms with van der Waals surface area (Å²) in [5.74, 6) is -1.84. The lowest BCUT2D eigenvalue weighted by Gasteiger charge is -2.24. The number of amides is 3. The maximum atomic E-state index is 13.2. The first kappa shape index (κ1) is 26.9. The number of benzene rings is 2. The lowest BCUT2D eigenvalue weighted by Crippen LogP contribution is -2.38. The quantitative estimate of drug-likeness (QED) is 0.380. The van der Waals surface area contributed by atoms with Crippen LogP contribution in [0.15, 0.2) is 53.7 Å². The van der Waals surface area contributed by atoms with E-state index in [1.165, 1.54) is 29.4 Å². The van der Waals surface area contributed by atoms with E-state index in [0.717, 1.165) is 6.26 Å². The van der Waals surface area contributed by atoms with E-state index in [0.29, 0.717) is 24.5 Å². The van der Waals surface area contributed by atoms with Gasteiger partial charge in [0.15, 0.2) is 15.5 Å². The Morgan fingerprint density at radius 1 is 1.08 bits per heavy atom. The summed E-state index contributed by atoms with van der Waals surface area (Å²) in [6, 6.07) is 10.3. The summed E-state index contributed by atoms with van der Waals surface area (Å²) in [4.78, 5) is 47.4. The number of sulfone groups is 1. The number of hydrogen-bond acceptors (Lipinski definition) is 7. The number of H-pyrrole nitrogens is 1. The van der Waals surface area contributed by atoms with Crippen LogP contribution in [0.4, 0.5) is 11.4 Å². The van der Waals surface area contributed by atoms with Crippen molar-refractivity contribution in [3.63, 3.8) is 0 Å². The van der Waals surface area contributed by atoms with E-state index in [1.807, 2.05) is 19.0 Å². The van der Waals surface area contributed by atoms with Gasteiger partial charge in [-0.05, 0) is 56.6 Å². The van der Waals surface area contributed by atoms with Crippen molar-refractivity contribution in [3.8, 4) is 0 Å². The number of primary amides is 1. The number of aromatic amines is 1. The summed E-state index contributed by atoms with van der Waals surface area (Å²) in [7, 11) is 0.258. The summed E-state index contributed by atoms with van der Waals surface area (Å²) in [5.41, 5.74) is 6.20. The summed E-state index contributed by atoms with van der Waals surface area (Å²) < 4.78 is 23.4. The molecule has 36 heavy (non-hydrogen) atoms. The lowest BCUT2D eigenvalue weighted by atomic mass is 10.2. The fraction of sp³-hybridized carbons (Fsp3) is 0.217. The molecule has 0 aliphatic rings. The van der Waals surface area contributed by atoms with Crippen LogP contribution in [-0.2, 0) is 9.84 Å². The molecule has 3 amide bonds. The Morgan fingerprint density at radius 2 is 1.75 bits per heavy atom. The maximum absolute atomic E-state index is 13.2. The molecular formula is C23H25ClN6O5S.